The molecule has 1 atom stereocenters. The van der Waals surface area contributed by atoms with E-state index in [1.807, 2.05) is 12.1 Å². The highest BCUT2D eigenvalue weighted by atomic mass is 16.7. The Labute approximate surface area is 115 Å². The first kappa shape index (κ1) is 14.2. The molecule has 106 valence electrons. The van der Waals surface area contributed by atoms with Crippen molar-refractivity contribution in [2.24, 2.45) is 0 Å². The van der Waals surface area contributed by atoms with Gasteiger partial charge >= 0.3 is 0 Å². The van der Waals surface area contributed by atoms with Gasteiger partial charge in [0.25, 0.3) is 0 Å². The lowest BCUT2D eigenvalue weighted by molar-refractivity contribution is 0.0768. The Balaban J connectivity index is 1.75. The van der Waals surface area contributed by atoms with Gasteiger partial charge in [-0.15, -0.1) is 0 Å². The van der Waals surface area contributed by atoms with E-state index in [1.54, 1.807) is 0 Å². The number of hydrogen-bond donors (Lipinski definition) is 1. The van der Waals surface area contributed by atoms with Crippen LogP contribution in [-0.4, -0.2) is 26.0 Å². The van der Waals surface area contributed by atoms with E-state index < -0.39 is 0 Å². The van der Waals surface area contributed by atoms with Gasteiger partial charge in [-0.2, -0.15) is 0 Å². The van der Waals surface area contributed by atoms with Gasteiger partial charge in [-0.25, -0.2) is 0 Å². The van der Waals surface area contributed by atoms with Crippen molar-refractivity contribution in [2.75, 3.05) is 19.9 Å². The first-order chi connectivity index (χ1) is 9.16. The van der Waals surface area contributed by atoms with Gasteiger partial charge < -0.3 is 19.5 Å². The SMILES string of the molecule is CC(C)OCCCNC(C)c1ccc2c(c1)OCO2. The molecule has 0 saturated carbocycles. The van der Waals surface area contributed by atoms with E-state index in [0.29, 0.717) is 18.9 Å². The zero-order chi connectivity index (χ0) is 13.7. The molecule has 0 aliphatic carbocycles. The highest BCUT2D eigenvalue weighted by Crippen LogP contribution is 2.34. The van der Waals surface area contributed by atoms with E-state index in [9.17, 15) is 0 Å². The van der Waals surface area contributed by atoms with Crippen molar-refractivity contribution in [1.82, 2.24) is 5.32 Å². The van der Waals surface area contributed by atoms with Crippen LogP contribution >= 0.6 is 0 Å². The minimum Gasteiger partial charge on any atom is -0.454 e. The third-order valence-electron chi connectivity index (χ3n) is 3.12. The van der Waals surface area contributed by atoms with Crippen molar-refractivity contribution in [3.63, 3.8) is 0 Å². The summed E-state index contributed by atoms with van der Waals surface area (Å²) in [5.41, 5.74) is 1.22. The molecule has 0 amide bonds. The Bertz CT molecular complexity index is 406. The lowest BCUT2D eigenvalue weighted by Gasteiger charge is -2.15. The van der Waals surface area contributed by atoms with Crippen LogP contribution in [0.15, 0.2) is 18.2 Å². The molecule has 0 radical (unpaired) electrons. The van der Waals surface area contributed by atoms with Crippen LogP contribution in [0.1, 0.15) is 38.8 Å². The number of rotatable bonds is 7. The Morgan fingerprint density at radius 2 is 2.00 bits per heavy atom. The molecule has 2 rings (SSSR count). The molecular weight excluding hydrogens is 242 g/mol. The molecule has 4 heteroatoms. The molecule has 0 fully saturated rings. The Morgan fingerprint density at radius 1 is 1.21 bits per heavy atom. The Morgan fingerprint density at radius 3 is 2.79 bits per heavy atom. The molecule has 0 saturated heterocycles. The highest BCUT2D eigenvalue weighted by molar-refractivity contribution is 5.45. The van der Waals surface area contributed by atoms with Crippen LogP contribution in [0, 0.1) is 0 Å². The van der Waals surface area contributed by atoms with Crippen LogP contribution < -0.4 is 14.8 Å². The predicted octanol–water partition coefficient (Wildman–Crippen LogP) is 2.88. The largest absolute Gasteiger partial charge is 0.454 e. The van der Waals surface area contributed by atoms with Crippen molar-refractivity contribution < 1.29 is 14.2 Å². The number of ether oxygens (including phenoxy) is 3. The first-order valence-electron chi connectivity index (χ1n) is 6.91. The maximum atomic E-state index is 5.51. The summed E-state index contributed by atoms with van der Waals surface area (Å²) in [7, 11) is 0. The van der Waals surface area contributed by atoms with E-state index in [0.717, 1.165) is 31.1 Å². The van der Waals surface area contributed by atoms with Crippen molar-refractivity contribution in [1.29, 1.82) is 0 Å². The molecule has 19 heavy (non-hydrogen) atoms. The molecule has 1 aliphatic heterocycles. The van der Waals surface area contributed by atoms with Crippen LogP contribution in [0.2, 0.25) is 0 Å². The van der Waals surface area contributed by atoms with E-state index in [-0.39, 0.29) is 0 Å². The van der Waals surface area contributed by atoms with Crippen LogP contribution in [-0.2, 0) is 4.74 Å². The first-order valence-corrected chi connectivity index (χ1v) is 6.91. The van der Waals surface area contributed by atoms with Gasteiger partial charge in [-0.1, -0.05) is 6.07 Å². The summed E-state index contributed by atoms with van der Waals surface area (Å²) in [6, 6.07) is 6.39. The van der Waals surface area contributed by atoms with E-state index in [1.165, 1.54) is 5.56 Å². The normalized spacial score (nSPS) is 14.9. The van der Waals surface area contributed by atoms with Crippen molar-refractivity contribution in [2.45, 2.75) is 39.3 Å². The molecule has 1 aromatic carbocycles. The zero-order valence-electron chi connectivity index (χ0n) is 11.9. The molecular formula is C15H23NO3. The summed E-state index contributed by atoms with van der Waals surface area (Å²) >= 11 is 0. The molecule has 1 aromatic rings. The second kappa shape index (κ2) is 6.78. The van der Waals surface area contributed by atoms with Crippen LogP contribution in [0.4, 0.5) is 0 Å². The fourth-order valence-electron chi connectivity index (χ4n) is 2.01. The molecule has 0 bridgehead atoms. The fraction of sp³-hybridized carbons (Fsp3) is 0.600. The summed E-state index contributed by atoms with van der Waals surface area (Å²) < 4.78 is 16.2. The van der Waals surface area contributed by atoms with Gasteiger partial charge in [0.05, 0.1) is 6.10 Å². The number of nitrogens with one attached hydrogen (secondary N) is 1. The number of fused-ring (bicyclic) bond motifs is 1. The van der Waals surface area contributed by atoms with Gasteiger partial charge in [-0.05, 0) is 51.4 Å². The predicted molar refractivity (Wildman–Crippen MR) is 74.7 cm³/mol. The number of hydrogen-bond acceptors (Lipinski definition) is 4. The van der Waals surface area contributed by atoms with Crippen molar-refractivity contribution >= 4 is 0 Å². The van der Waals surface area contributed by atoms with Gasteiger partial charge in [0.1, 0.15) is 0 Å². The second-order valence-corrected chi connectivity index (χ2v) is 5.06. The topological polar surface area (TPSA) is 39.7 Å². The van der Waals surface area contributed by atoms with Crippen LogP contribution in [0.3, 0.4) is 0 Å². The maximum absolute atomic E-state index is 5.51. The summed E-state index contributed by atoms with van der Waals surface area (Å²) in [5, 5.41) is 3.49. The van der Waals surface area contributed by atoms with Gasteiger partial charge in [0, 0.05) is 12.6 Å². The fourth-order valence-corrected chi connectivity index (χ4v) is 2.01. The summed E-state index contributed by atoms with van der Waals surface area (Å²) in [6.45, 7) is 8.35. The standard InChI is InChI=1S/C15H23NO3/c1-11(2)17-8-4-7-16-12(3)13-5-6-14-15(9-13)19-10-18-14/h5-6,9,11-12,16H,4,7-8,10H2,1-3H3. The lowest BCUT2D eigenvalue weighted by Crippen LogP contribution is -2.21. The molecule has 1 unspecified atom stereocenters. The average molecular weight is 265 g/mol. The summed E-state index contributed by atoms with van der Waals surface area (Å²) in [4.78, 5) is 0. The minimum absolute atomic E-state index is 0.300. The third-order valence-corrected chi connectivity index (χ3v) is 3.12. The summed E-state index contributed by atoms with van der Waals surface area (Å²) in [6.07, 6.45) is 1.33. The van der Waals surface area contributed by atoms with Crippen LogP contribution in [0.5, 0.6) is 11.5 Å². The van der Waals surface area contributed by atoms with E-state index >= 15 is 0 Å². The van der Waals surface area contributed by atoms with E-state index in [4.69, 9.17) is 14.2 Å². The highest BCUT2D eigenvalue weighted by Gasteiger charge is 2.15. The maximum Gasteiger partial charge on any atom is 0.231 e. The molecule has 0 spiro atoms. The zero-order valence-corrected chi connectivity index (χ0v) is 11.9. The van der Waals surface area contributed by atoms with E-state index in [2.05, 4.69) is 32.2 Å². The smallest absolute Gasteiger partial charge is 0.231 e. The Hall–Kier alpha value is -1.26. The monoisotopic (exact) mass is 265 g/mol. The average Bonchev–Trinajstić information content (AvgIpc) is 2.84. The van der Waals surface area contributed by atoms with Crippen molar-refractivity contribution in [3.8, 4) is 11.5 Å². The molecule has 1 aliphatic rings. The van der Waals surface area contributed by atoms with Gasteiger partial charge in [-0.3, -0.25) is 0 Å². The summed E-state index contributed by atoms with van der Waals surface area (Å²) in [5.74, 6) is 1.68. The third kappa shape index (κ3) is 4.11. The molecule has 4 nitrogen and oxygen atoms in total. The van der Waals surface area contributed by atoms with Crippen molar-refractivity contribution in [3.05, 3.63) is 23.8 Å². The molecule has 1 heterocycles. The molecule has 1 N–H and O–H groups in total. The minimum atomic E-state index is 0.300. The number of benzene rings is 1. The molecule has 0 aromatic heterocycles. The lowest BCUT2D eigenvalue weighted by atomic mass is 10.1. The quantitative estimate of drug-likeness (QED) is 0.770. The van der Waals surface area contributed by atoms with Gasteiger partial charge in [0.2, 0.25) is 6.79 Å². The second-order valence-electron chi connectivity index (χ2n) is 5.06. The Kier molecular flexibility index (Phi) is 5.05. The van der Waals surface area contributed by atoms with Gasteiger partial charge in [0.15, 0.2) is 11.5 Å². The van der Waals surface area contributed by atoms with Crippen LogP contribution in [0.25, 0.3) is 0 Å².